The van der Waals surface area contributed by atoms with Gasteiger partial charge in [-0.25, -0.2) is 9.59 Å². The average Bonchev–Trinajstić information content (AvgIpc) is 2.72. The summed E-state index contributed by atoms with van der Waals surface area (Å²) in [6, 6.07) is 15.3. The van der Waals surface area contributed by atoms with Gasteiger partial charge in [-0.3, -0.25) is 0 Å². The standard InChI is InChI=1S/C23H29NO6.H2S/c1-22(2,3)30-21(26)24-14-9-15-29-19-13-8-12-18(16-19)23(27,20(25)28-4)17-10-6-5-7-11-17;/h5-8,10-13,16,27H,9,14-15H2,1-4H3,(H,24,26);1H2/t23-;/m0./s1. The summed E-state index contributed by atoms with van der Waals surface area (Å²) in [5, 5.41) is 13.9. The third-order valence-corrected chi connectivity index (χ3v) is 4.18. The van der Waals surface area contributed by atoms with Gasteiger partial charge in [0.1, 0.15) is 11.4 Å². The Morgan fingerprint density at radius 3 is 2.26 bits per heavy atom. The number of ether oxygens (including phenoxy) is 3. The number of aliphatic hydroxyl groups is 1. The van der Waals surface area contributed by atoms with Gasteiger partial charge in [-0.2, -0.15) is 13.5 Å². The van der Waals surface area contributed by atoms with Gasteiger partial charge in [-0.1, -0.05) is 42.5 Å². The van der Waals surface area contributed by atoms with Crippen molar-refractivity contribution in [2.75, 3.05) is 20.3 Å². The van der Waals surface area contributed by atoms with E-state index < -0.39 is 23.3 Å². The number of methoxy groups -OCH3 is 1. The summed E-state index contributed by atoms with van der Waals surface area (Å²) in [4.78, 5) is 24.1. The van der Waals surface area contributed by atoms with Gasteiger partial charge in [0.15, 0.2) is 0 Å². The van der Waals surface area contributed by atoms with E-state index in [0.717, 1.165) is 0 Å². The molecular weight excluding hydrogens is 418 g/mol. The van der Waals surface area contributed by atoms with Crippen molar-refractivity contribution in [2.24, 2.45) is 0 Å². The van der Waals surface area contributed by atoms with Gasteiger partial charge in [0, 0.05) is 12.1 Å². The Morgan fingerprint density at radius 1 is 1.00 bits per heavy atom. The third kappa shape index (κ3) is 7.48. The van der Waals surface area contributed by atoms with Crippen LogP contribution in [0.3, 0.4) is 0 Å². The van der Waals surface area contributed by atoms with Crippen LogP contribution in [0.5, 0.6) is 5.75 Å². The highest BCUT2D eigenvalue weighted by Gasteiger charge is 2.41. The van der Waals surface area contributed by atoms with Crippen molar-refractivity contribution in [3.63, 3.8) is 0 Å². The summed E-state index contributed by atoms with van der Waals surface area (Å²) in [5.74, 6) is -0.296. The molecule has 0 aliphatic rings. The number of alkyl carbamates (subject to hydrolysis) is 1. The Morgan fingerprint density at radius 2 is 1.65 bits per heavy atom. The smallest absolute Gasteiger partial charge is 0.407 e. The molecule has 0 radical (unpaired) electrons. The molecule has 8 heteroatoms. The number of rotatable bonds is 8. The van der Waals surface area contributed by atoms with E-state index in [1.165, 1.54) is 7.11 Å². The van der Waals surface area contributed by atoms with Crippen molar-refractivity contribution in [2.45, 2.75) is 38.4 Å². The predicted octanol–water partition coefficient (Wildman–Crippen LogP) is 3.50. The van der Waals surface area contributed by atoms with Crippen LogP contribution in [-0.2, 0) is 19.9 Å². The highest BCUT2D eigenvalue weighted by molar-refractivity contribution is 7.59. The van der Waals surface area contributed by atoms with Crippen LogP contribution in [-0.4, -0.2) is 43.0 Å². The Balaban J connectivity index is 0.00000480. The number of amides is 1. The summed E-state index contributed by atoms with van der Waals surface area (Å²) in [6.07, 6.45) is 0.0826. The molecule has 0 bridgehead atoms. The van der Waals surface area contributed by atoms with Crippen LogP contribution in [0.15, 0.2) is 54.6 Å². The third-order valence-electron chi connectivity index (χ3n) is 4.18. The SMILES string of the molecule is COC(=O)[C@](O)(c1ccccc1)c1cccc(OCCCNC(=O)OC(C)(C)C)c1.S. The predicted molar refractivity (Wildman–Crippen MR) is 123 cm³/mol. The van der Waals surface area contributed by atoms with E-state index >= 15 is 0 Å². The zero-order chi connectivity index (χ0) is 22.2. The van der Waals surface area contributed by atoms with E-state index in [4.69, 9.17) is 14.2 Å². The molecule has 0 aliphatic carbocycles. The second kappa shape index (κ2) is 11.6. The zero-order valence-corrected chi connectivity index (χ0v) is 19.3. The van der Waals surface area contributed by atoms with Gasteiger partial charge in [0.25, 0.3) is 0 Å². The van der Waals surface area contributed by atoms with Gasteiger partial charge >= 0.3 is 12.1 Å². The molecule has 0 fully saturated rings. The lowest BCUT2D eigenvalue weighted by Gasteiger charge is -2.26. The molecule has 0 saturated heterocycles. The lowest BCUT2D eigenvalue weighted by molar-refractivity contribution is -0.158. The van der Waals surface area contributed by atoms with Crippen LogP contribution in [0.25, 0.3) is 0 Å². The summed E-state index contributed by atoms with van der Waals surface area (Å²) >= 11 is 0. The van der Waals surface area contributed by atoms with Crippen LogP contribution in [0.1, 0.15) is 38.3 Å². The molecule has 0 saturated carbocycles. The van der Waals surface area contributed by atoms with Gasteiger partial charge in [0.2, 0.25) is 5.60 Å². The first-order valence-corrected chi connectivity index (χ1v) is 9.73. The molecule has 0 unspecified atom stereocenters. The summed E-state index contributed by atoms with van der Waals surface area (Å²) < 4.78 is 15.7. The molecule has 1 atom stereocenters. The number of carbonyl (C=O) groups is 2. The quantitative estimate of drug-likeness (QED) is 0.473. The largest absolute Gasteiger partial charge is 0.494 e. The number of hydrogen-bond donors (Lipinski definition) is 2. The first kappa shape index (κ1) is 26.3. The molecule has 2 aromatic rings. The normalized spacial score (nSPS) is 12.7. The molecule has 170 valence electrons. The number of nitrogens with one attached hydrogen (secondary N) is 1. The minimum absolute atomic E-state index is 0. The fourth-order valence-corrected chi connectivity index (χ4v) is 2.81. The first-order valence-electron chi connectivity index (χ1n) is 9.73. The highest BCUT2D eigenvalue weighted by Crippen LogP contribution is 2.32. The maximum absolute atomic E-state index is 12.4. The average molecular weight is 450 g/mol. The van der Waals surface area contributed by atoms with Crippen LogP contribution >= 0.6 is 13.5 Å². The molecule has 7 nitrogen and oxygen atoms in total. The van der Waals surface area contributed by atoms with E-state index in [9.17, 15) is 14.7 Å². The van der Waals surface area contributed by atoms with E-state index in [-0.39, 0.29) is 13.5 Å². The van der Waals surface area contributed by atoms with Crippen molar-refractivity contribution in [3.05, 3.63) is 65.7 Å². The Labute approximate surface area is 190 Å². The molecule has 1 amide bonds. The molecule has 0 aromatic heterocycles. The molecule has 0 spiro atoms. The van der Waals surface area contributed by atoms with E-state index in [1.807, 2.05) is 0 Å². The number of carbonyl (C=O) groups excluding carboxylic acids is 2. The maximum atomic E-state index is 12.4. The number of benzene rings is 2. The zero-order valence-electron chi connectivity index (χ0n) is 18.3. The van der Waals surface area contributed by atoms with E-state index in [1.54, 1.807) is 75.4 Å². The Hall–Kier alpha value is -2.71. The first-order chi connectivity index (χ1) is 14.2. The molecular formula is C23H31NO6S. The van der Waals surface area contributed by atoms with Crippen molar-refractivity contribution >= 4 is 25.6 Å². The van der Waals surface area contributed by atoms with Crippen LogP contribution in [0.2, 0.25) is 0 Å². The minimum atomic E-state index is -1.95. The van der Waals surface area contributed by atoms with Gasteiger partial charge in [-0.15, -0.1) is 0 Å². The molecule has 0 aliphatic heterocycles. The van der Waals surface area contributed by atoms with Crippen molar-refractivity contribution < 1.29 is 28.9 Å². The van der Waals surface area contributed by atoms with Gasteiger partial charge in [0.05, 0.1) is 13.7 Å². The fraction of sp³-hybridized carbons (Fsp3) is 0.391. The summed E-state index contributed by atoms with van der Waals surface area (Å²) in [7, 11) is 1.23. The molecule has 31 heavy (non-hydrogen) atoms. The van der Waals surface area contributed by atoms with E-state index in [2.05, 4.69) is 5.32 Å². The lowest BCUT2D eigenvalue weighted by Crippen LogP contribution is -2.38. The highest BCUT2D eigenvalue weighted by atomic mass is 32.1. The number of esters is 1. The fourth-order valence-electron chi connectivity index (χ4n) is 2.81. The topological polar surface area (TPSA) is 94.1 Å². The Bertz CT molecular complexity index is 853. The molecule has 2 aromatic carbocycles. The lowest BCUT2D eigenvalue weighted by atomic mass is 9.86. The summed E-state index contributed by atoms with van der Waals surface area (Å²) in [6.45, 7) is 6.13. The molecule has 2 rings (SSSR count). The second-order valence-corrected chi connectivity index (χ2v) is 7.73. The molecule has 2 N–H and O–H groups in total. The second-order valence-electron chi connectivity index (χ2n) is 7.73. The Kier molecular flexibility index (Phi) is 9.87. The van der Waals surface area contributed by atoms with Crippen LogP contribution < -0.4 is 10.1 Å². The monoisotopic (exact) mass is 449 g/mol. The van der Waals surface area contributed by atoms with Crippen LogP contribution in [0, 0.1) is 0 Å². The summed E-state index contributed by atoms with van der Waals surface area (Å²) in [5.41, 5.74) is -1.76. The number of hydrogen-bond acceptors (Lipinski definition) is 6. The minimum Gasteiger partial charge on any atom is -0.494 e. The van der Waals surface area contributed by atoms with Gasteiger partial charge in [-0.05, 0) is 44.9 Å². The van der Waals surface area contributed by atoms with Gasteiger partial charge < -0.3 is 24.6 Å². The van der Waals surface area contributed by atoms with Crippen molar-refractivity contribution in [1.82, 2.24) is 5.32 Å². The maximum Gasteiger partial charge on any atom is 0.407 e. The van der Waals surface area contributed by atoms with Crippen LogP contribution in [0.4, 0.5) is 4.79 Å². The van der Waals surface area contributed by atoms with E-state index in [0.29, 0.717) is 36.4 Å². The van der Waals surface area contributed by atoms with Crippen molar-refractivity contribution in [1.29, 1.82) is 0 Å². The van der Waals surface area contributed by atoms with Crippen molar-refractivity contribution in [3.8, 4) is 5.75 Å². The molecule has 0 heterocycles.